The van der Waals surface area contributed by atoms with Gasteiger partial charge in [-0.2, -0.15) is 5.10 Å². The summed E-state index contributed by atoms with van der Waals surface area (Å²) in [6.07, 6.45) is 1.57. The third kappa shape index (κ3) is 3.63. The van der Waals surface area contributed by atoms with Crippen molar-refractivity contribution >= 4 is 38.9 Å². The van der Waals surface area contributed by atoms with Gasteiger partial charge in [-0.3, -0.25) is 4.72 Å². The Labute approximate surface area is 155 Å². The normalized spacial score (nSPS) is 11.5. The second kappa shape index (κ2) is 6.67. The molecule has 0 spiro atoms. The maximum atomic E-state index is 12.7. The lowest BCUT2D eigenvalue weighted by molar-refractivity contribution is 0.601. The summed E-state index contributed by atoms with van der Waals surface area (Å²) < 4.78 is 29.6. The van der Waals surface area contributed by atoms with E-state index in [0.717, 1.165) is 11.4 Å². The second-order valence-corrected chi connectivity index (χ2v) is 7.89. The zero-order valence-corrected chi connectivity index (χ0v) is 15.7. The summed E-state index contributed by atoms with van der Waals surface area (Å²) in [4.78, 5) is 4.15. The highest BCUT2D eigenvalue weighted by atomic mass is 35.5. The molecule has 130 valence electrons. The van der Waals surface area contributed by atoms with Gasteiger partial charge in [0.15, 0.2) is 5.82 Å². The molecule has 0 aliphatic carbocycles. The van der Waals surface area contributed by atoms with E-state index in [4.69, 9.17) is 23.2 Å². The first kappa shape index (κ1) is 17.7. The SMILES string of the molecule is Cc1cc(C)n(-c2ncccc2NS(=O)(=O)c2cc(Cl)ccc2Cl)n1. The molecule has 6 nitrogen and oxygen atoms in total. The zero-order valence-electron chi connectivity index (χ0n) is 13.4. The molecule has 0 radical (unpaired) electrons. The van der Waals surface area contributed by atoms with Crippen molar-refractivity contribution in [2.75, 3.05) is 4.72 Å². The standard InChI is InChI=1S/C16H14Cl2N4O2S/c1-10-8-11(2)22(20-10)16-14(4-3-7-19-16)21-25(23,24)15-9-12(17)5-6-13(15)18/h3-9,21H,1-2H3. The summed E-state index contributed by atoms with van der Waals surface area (Å²) in [6, 6.07) is 9.37. The molecule has 1 aromatic carbocycles. The number of anilines is 1. The van der Waals surface area contributed by atoms with Crippen molar-refractivity contribution in [2.45, 2.75) is 18.7 Å². The number of aromatic nitrogens is 3. The Kier molecular flexibility index (Phi) is 4.73. The van der Waals surface area contributed by atoms with Gasteiger partial charge >= 0.3 is 0 Å². The number of sulfonamides is 1. The van der Waals surface area contributed by atoms with Crippen LogP contribution >= 0.6 is 23.2 Å². The largest absolute Gasteiger partial charge is 0.276 e. The molecule has 0 bridgehead atoms. The molecule has 3 rings (SSSR count). The number of nitrogens with zero attached hydrogens (tertiary/aromatic N) is 3. The monoisotopic (exact) mass is 396 g/mol. The maximum Gasteiger partial charge on any atom is 0.263 e. The molecule has 3 aromatic rings. The number of hydrogen-bond donors (Lipinski definition) is 1. The summed E-state index contributed by atoms with van der Waals surface area (Å²) in [5, 5.41) is 4.70. The van der Waals surface area contributed by atoms with E-state index >= 15 is 0 Å². The summed E-state index contributed by atoms with van der Waals surface area (Å²) >= 11 is 11.9. The van der Waals surface area contributed by atoms with Gasteiger partial charge in [-0.1, -0.05) is 23.2 Å². The van der Waals surface area contributed by atoms with Crippen molar-refractivity contribution in [2.24, 2.45) is 0 Å². The lowest BCUT2D eigenvalue weighted by atomic mass is 10.3. The Hall–Kier alpha value is -2.09. The van der Waals surface area contributed by atoms with Gasteiger partial charge in [-0.25, -0.2) is 18.1 Å². The van der Waals surface area contributed by atoms with Gasteiger partial charge in [0.05, 0.1) is 16.4 Å². The topological polar surface area (TPSA) is 76.9 Å². The quantitative estimate of drug-likeness (QED) is 0.722. The molecule has 2 aromatic heterocycles. The van der Waals surface area contributed by atoms with E-state index < -0.39 is 10.0 Å². The Morgan fingerprint density at radius 1 is 1.12 bits per heavy atom. The molecule has 0 aliphatic heterocycles. The van der Waals surface area contributed by atoms with Crippen LogP contribution in [-0.2, 0) is 10.0 Å². The molecule has 2 heterocycles. The van der Waals surface area contributed by atoms with Gasteiger partial charge in [0.2, 0.25) is 0 Å². The lowest BCUT2D eigenvalue weighted by Crippen LogP contribution is -2.16. The summed E-state index contributed by atoms with van der Waals surface area (Å²) in [5.74, 6) is 0.370. The van der Waals surface area contributed by atoms with Crippen LogP contribution in [0.25, 0.3) is 5.82 Å². The molecule has 0 aliphatic rings. The van der Waals surface area contributed by atoms with E-state index in [2.05, 4.69) is 14.8 Å². The van der Waals surface area contributed by atoms with Gasteiger partial charge in [-0.15, -0.1) is 0 Å². The highest BCUT2D eigenvalue weighted by Crippen LogP contribution is 2.28. The zero-order chi connectivity index (χ0) is 18.2. The van der Waals surface area contributed by atoms with Crippen molar-refractivity contribution < 1.29 is 8.42 Å². The maximum absolute atomic E-state index is 12.7. The number of halogens is 2. The first-order valence-corrected chi connectivity index (χ1v) is 9.48. The molecular weight excluding hydrogens is 383 g/mol. The molecule has 9 heteroatoms. The number of benzene rings is 1. The van der Waals surface area contributed by atoms with Crippen LogP contribution in [0.1, 0.15) is 11.4 Å². The molecule has 1 N–H and O–H groups in total. The van der Waals surface area contributed by atoms with Crippen LogP contribution in [0, 0.1) is 13.8 Å². The highest BCUT2D eigenvalue weighted by molar-refractivity contribution is 7.92. The third-order valence-electron chi connectivity index (χ3n) is 3.42. The van der Waals surface area contributed by atoms with Crippen LogP contribution in [0.5, 0.6) is 0 Å². The Morgan fingerprint density at radius 3 is 2.56 bits per heavy atom. The van der Waals surface area contributed by atoms with Crippen molar-refractivity contribution in [3.05, 3.63) is 64.0 Å². The van der Waals surface area contributed by atoms with Crippen molar-refractivity contribution in [3.8, 4) is 5.82 Å². The number of nitrogens with one attached hydrogen (secondary N) is 1. The fraction of sp³-hybridized carbons (Fsp3) is 0.125. The van der Waals surface area contributed by atoms with Gasteiger partial charge < -0.3 is 0 Å². The number of rotatable bonds is 4. The highest BCUT2D eigenvalue weighted by Gasteiger charge is 2.21. The van der Waals surface area contributed by atoms with E-state index in [9.17, 15) is 8.42 Å². The van der Waals surface area contributed by atoms with E-state index in [-0.39, 0.29) is 20.6 Å². The minimum absolute atomic E-state index is 0.0773. The molecular formula is C16H14Cl2N4O2S. The van der Waals surface area contributed by atoms with Gasteiger partial charge in [0, 0.05) is 16.9 Å². The third-order valence-corrected chi connectivity index (χ3v) is 5.51. The Bertz CT molecular complexity index is 1050. The molecule has 0 fully saturated rings. The summed E-state index contributed by atoms with van der Waals surface area (Å²) in [7, 11) is -3.95. The first-order chi connectivity index (χ1) is 11.8. The predicted octanol–water partition coefficient (Wildman–Crippen LogP) is 3.99. The van der Waals surface area contributed by atoms with Gasteiger partial charge in [0.25, 0.3) is 10.0 Å². The Morgan fingerprint density at radius 2 is 1.88 bits per heavy atom. The average Bonchev–Trinajstić information content (AvgIpc) is 2.88. The molecule has 0 saturated carbocycles. The fourth-order valence-electron chi connectivity index (χ4n) is 2.37. The van der Waals surface area contributed by atoms with Crippen molar-refractivity contribution in [1.29, 1.82) is 0 Å². The van der Waals surface area contributed by atoms with Crippen LogP contribution in [0.3, 0.4) is 0 Å². The van der Waals surface area contributed by atoms with Crippen molar-refractivity contribution in [3.63, 3.8) is 0 Å². The number of hydrogen-bond acceptors (Lipinski definition) is 4. The molecule has 0 saturated heterocycles. The van der Waals surface area contributed by atoms with E-state index in [1.807, 2.05) is 19.9 Å². The van der Waals surface area contributed by atoms with Gasteiger partial charge in [-0.05, 0) is 50.2 Å². The average molecular weight is 397 g/mol. The fourth-order valence-corrected chi connectivity index (χ4v) is 4.20. The predicted molar refractivity (Wildman–Crippen MR) is 98.1 cm³/mol. The van der Waals surface area contributed by atoms with Crippen LogP contribution in [0.15, 0.2) is 47.5 Å². The van der Waals surface area contributed by atoms with Crippen LogP contribution in [0.4, 0.5) is 5.69 Å². The Balaban J connectivity index is 2.07. The molecule has 0 atom stereocenters. The number of aryl methyl sites for hydroxylation is 2. The van der Waals surface area contributed by atoms with E-state index in [1.54, 1.807) is 23.0 Å². The van der Waals surface area contributed by atoms with Crippen LogP contribution in [0.2, 0.25) is 10.0 Å². The van der Waals surface area contributed by atoms with Crippen LogP contribution < -0.4 is 4.72 Å². The van der Waals surface area contributed by atoms with E-state index in [1.165, 1.54) is 18.2 Å². The molecule has 0 amide bonds. The molecule has 25 heavy (non-hydrogen) atoms. The minimum atomic E-state index is -3.95. The van der Waals surface area contributed by atoms with Crippen LogP contribution in [-0.4, -0.2) is 23.2 Å². The van der Waals surface area contributed by atoms with Crippen molar-refractivity contribution in [1.82, 2.24) is 14.8 Å². The smallest absolute Gasteiger partial charge is 0.263 e. The van der Waals surface area contributed by atoms with Gasteiger partial charge in [0.1, 0.15) is 4.90 Å². The summed E-state index contributed by atoms with van der Waals surface area (Å²) in [6.45, 7) is 3.71. The minimum Gasteiger partial charge on any atom is -0.276 e. The second-order valence-electron chi connectivity index (χ2n) is 5.39. The number of pyridine rings is 1. The lowest BCUT2D eigenvalue weighted by Gasteiger charge is -2.13. The van der Waals surface area contributed by atoms with E-state index in [0.29, 0.717) is 5.82 Å². The first-order valence-electron chi connectivity index (χ1n) is 7.24. The summed E-state index contributed by atoms with van der Waals surface area (Å²) in [5.41, 5.74) is 1.91. The molecule has 0 unspecified atom stereocenters.